The van der Waals surface area contributed by atoms with Crippen LogP contribution in [0.3, 0.4) is 0 Å². The van der Waals surface area contributed by atoms with E-state index in [1.165, 1.54) is 12.1 Å². The van der Waals surface area contributed by atoms with Gasteiger partial charge in [0.05, 0.1) is 28.9 Å². The van der Waals surface area contributed by atoms with Crippen molar-refractivity contribution < 1.29 is 22.7 Å². The summed E-state index contributed by atoms with van der Waals surface area (Å²) in [6.45, 7) is 1.60. The maximum absolute atomic E-state index is 14.9. The first-order valence-electron chi connectivity index (χ1n) is 9.79. The van der Waals surface area contributed by atoms with Gasteiger partial charge in [0, 0.05) is 36.6 Å². The normalized spacial score (nSPS) is 16.0. The molecule has 4 rings (SSSR count). The van der Waals surface area contributed by atoms with Gasteiger partial charge in [-0.1, -0.05) is 0 Å². The van der Waals surface area contributed by atoms with Gasteiger partial charge in [-0.15, -0.1) is 0 Å². The minimum atomic E-state index is -4.27. The molecule has 1 aliphatic carbocycles. The van der Waals surface area contributed by atoms with E-state index >= 15 is 0 Å². The summed E-state index contributed by atoms with van der Waals surface area (Å²) >= 11 is 0. The molecular weight excluding hydrogens is 433 g/mol. The number of pyridine rings is 1. The number of aliphatic carboxylic acids is 1. The molecule has 9 heteroatoms. The Kier molecular flexibility index (Phi) is 5.52. The molecule has 32 heavy (non-hydrogen) atoms. The van der Waals surface area contributed by atoms with Gasteiger partial charge in [0.25, 0.3) is 0 Å². The van der Waals surface area contributed by atoms with Crippen molar-refractivity contribution in [2.24, 2.45) is 4.99 Å². The summed E-state index contributed by atoms with van der Waals surface area (Å²) in [5, 5.41) is 9.26. The van der Waals surface area contributed by atoms with Gasteiger partial charge in [0.15, 0.2) is 0 Å². The van der Waals surface area contributed by atoms with Crippen LogP contribution in [0.4, 0.5) is 15.8 Å². The summed E-state index contributed by atoms with van der Waals surface area (Å²) in [5.74, 6) is -2.04. The van der Waals surface area contributed by atoms with Gasteiger partial charge in [0.1, 0.15) is 10.7 Å². The summed E-state index contributed by atoms with van der Waals surface area (Å²) in [7, 11) is -2.45. The topological polar surface area (TPSA) is 99.9 Å². The van der Waals surface area contributed by atoms with Crippen LogP contribution in [0.5, 0.6) is 0 Å². The van der Waals surface area contributed by atoms with E-state index in [-0.39, 0.29) is 22.5 Å². The number of hydrogen-bond acceptors (Lipinski definition) is 6. The number of anilines is 2. The Labute approximate surface area is 184 Å². The molecule has 0 saturated carbocycles. The van der Waals surface area contributed by atoms with Crippen molar-refractivity contribution >= 4 is 32.9 Å². The highest BCUT2D eigenvalue weighted by molar-refractivity contribution is 7.95. The van der Waals surface area contributed by atoms with Gasteiger partial charge in [0.2, 0.25) is 9.84 Å². The molecule has 7 nitrogen and oxygen atoms in total. The number of nitrogens with zero attached hydrogens (tertiary/aromatic N) is 3. The molecule has 0 bridgehead atoms. The first-order chi connectivity index (χ1) is 15.2. The molecule has 164 valence electrons. The summed E-state index contributed by atoms with van der Waals surface area (Å²) in [6.07, 6.45) is 4.17. The molecule has 0 atom stereocenters. The number of allylic oxidation sites excluding steroid dienone is 4. The Bertz CT molecular complexity index is 1330. The number of carboxylic acid groups (broad SMARTS) is 1. The molecule has 1 aromatic carbocycles. The van der Waals surface area contributed by atoms with E-state index in [4.69, 9.17) is 0 Å². The Morgan fingerprint density at radius 3 is 2.53 bits per heavy atom. The van der Waals surface area contributed by atoms with E-state index in [1.54, 1.807) is 37.5 Å². The van der Waals surface area contributed by atoms with E-state index in [1.807, 2.05) is 18.0 Å². The number of carbonyl (C=O) groups is 1. The number of hydrogen-bond donors (Lipinski definition) is 1. The molecule has 0 saturated heterocycles. The monoisotopic (exact) mass is 453 g/mol. The van der Waals surface area contributed by atoms with Crippen molar-refractivity contribution in [2.45, 2.75) is 24.7 Å². The number of aliphatic imine (C=N–C) groups is 1. The molecule has 1 aliphatic heterocycles. The molecule has 0 spiro atoms. The van der Waals surface area contributed by atoms with E-state index in [2.05, 4.69) is 9.98 Å². The lowest BCUT2D eigenvalue weighted by atomic mass is 9.94. The molecular formula is C23H20FN3O4S. The van der Waals surface area contributed by atoms with Crippen LogP contribution in [0.25, 0.3) is 0 Å². The van der Waals surface area contributed by atoms with Crippen LogP contribution in [0.1, 0.15) is 19.8 Å². The first kappa shape index (κ1) is 21.6. The standard InChI is InChI=1S/C23H20FN3O4S/c1-14-18(12-21(28)29)22-20(26-14)10-9-19(24)23(22)32(30,31)17-7-5-15(6-8-17)27(2)16-4-3-11-25-13-16/h3-9,11,13H,10,12H2,1-2H3,(H,28,29). The first-order valence-corrected chi connectivity index (χ1v) is 11.3. The minimum Gasteiger partial charge on any atom is -0.481 e. The smallest absolute Gasteiger partial charge is 0.307 e. The fourth-order valence-electron chi connectivity index (χ4n) is 3.79. The quantitative estimate of drug-likeness (QED) is 0.699. The second-order valence-corrected chi connectivity index (χ2v) is 9.31. The zero-order valence-corrected chi connectivity index (χ0v) is 18.2. The highest BCUT2D eigenvalue weighted by Gasteiger charge is 2.37. The second-order valence-electron chi connectivity index (χ2n) is 7.42. The predicted octanol–water partition coefficient (Wildman–Crippen LogP) is 4.34. The molecule has 2 aliphatic rings. The van der Waals surface area contributed by atoms with Crippen LogP contribution in [0.15, 0.2) is 92.3 Å². The van der Waals surface area contributed by atoms with Crippen molar-refractivity contribution in [1.29, 1.82) is 0 Å². The van der Waals surface area contributed by atoms with Crippen molar-refractivity contribution in [3.8, 4) is 0 Å². The average molecular weight is 453 g/mol. The zero-order valence-electron chi connectivity index (χ0n) is 17.4. The molecule has 1 aromatic heterocycles. The van der Waals surface area contributed by atoms with Crippen LogP contribution in [-0.4, -0.2) is 37.2 Å². The highest BCUT2D eigenvalue weighted by atomic mass is 32.2. The van der Waals surface area contributed by atoms with Crippen molar-refractivity contribution in [1.82, 2.24) is 4.98 Å². The van der Waals surface area contributed by atoms with Crippen molar-refractivity contribution in [2.75, 3.05) is 11.9 Å². The fraction of sp³-hybridized carbons (Fsp3) is 0.174. The molecule has 0 radical (unpaired) electrons. The number of rotatable bonds is 6. The van der Waals surface area contributed by atoms with Gasteiger partial charge < -0.3 is 10.0 Å². The zero-order chi connectivity index (χ0) is 23.0. The van der Waals surface area contributed by atoms with E-state index in [0.717, 1.165) is 17.5 Å². The molecule has 0 unspecified atom stereocenters. The molecule has 1 N–H and O–H groups in total. The van der Waals surface area contributed by atoms with Crippen molar-refractivity contribution in [3.63, 3.8) is 0 Å². The summed E-state index contributed by atoms with van der Waals surface area (Å²) in [6, 6.07) is 9.73. The van der Waals surface area contributed by atoms with Gasteiger partial charge in [-0.3, -0.25) is 14.8 Å². The van der Waals surface area contributed by atoms with E-state index < -0.39 is 33.0 Å². The van der Waals surface area contributed by atoms with Gasteiger partial charge in [-0.2, -0.15) is 0 Å². The van der Waals surface area contributed by atoms with Crippen LogP contribution in [-0.2, 0) is 14.6 Å². The maximum atomic E-state index is 14.9. The summed E-state index contributed by atoms with van der Waals surface area (Å²) in [5.41, 5.74) is 2.59. The van der Waals surface area contributed by atoms with Gasteiger partial charge >= 0.3 is 5.97 Å². The molecule has 0 amide bonds. The highest BCUT2D eigenvalue weighted by Crippen LogP contribution is 2.41. The minimum absolute atomic E-state index is 0.0708. The number of sulfone groups is 1. The number of carboxylic acids is 1. The molecule has 2 aromatic rings. The number of fused-ring (bicyclic) bond motifs is 1. The largest absolute Gasteiger partial charge is 0.481 e. The lowest BCUT2D eigenvalue weighted by Gasteiger charge is -2.20. The average Bonchev–Trinajstić information content (AvgIpc) is 3.08. The Morgan fingerprint density at radius 1 is 1.19 bits per heavy atom. The van der Waals surface area contributed by atoms with Crippen LogP contribution in [0.2, 0.25) is 0 Å². The Balaban J connectivity index is 1.77. The lowest BCUT2D eigenvalue weighted by Crippen LogP contribution is -2.18. The van der Waals surface area contributed by atoms with Crippen LogP contribution < -0.4 is 4.90 Å². The third-order valence-electron chi connectivity index (χ3n) is 5.41. The second kappa shape index (κ2) is 8.16. The SMILES string of the molecule is CC1=C(CC(=O)O)C2=C(S(=O)(=O)c3ccc(N(C)c4cccnc4)cc3)C(F)=CCC2=N1. The van der Waals surface area contributed by atoms with Crippen LogP contribution >= 0.6 is 0 Å². The van der Waals surface area contributed by atoms with E-state index in [9.17, 15) is 22.7 Å². The Hall–Kier alpha value is -3.59. The number of halogens is 1. The lowest BCUT2D eigenvalue weighted by molar-refractivity contribution is -0.136. The molecule has 0 fully saturated rings. The predicted molar refractivity (Wildman–Crippen MR) is 119 cm³/mol. The van der Waals surface area contributed by atoms with Crippen molar-refractivity contribution in [3.05, 3.63) is 82.4 Å². The third-order valence-corrected chi connectivity index (χ3v) is 7.24. The third kappa shape index (κ3) is 3.75. The summed E-state index contributed by atoms with van der Waals surface area (Å²) < 4.78 is 41.8. The van der Waals surface area contributed by atoms with E-state index in [0.29, 0.717) is 11.4 Å². The Morgan fingerprint density at radius 2 is 1.91 bits per heavy atom. The van der Waals surface area contributed by atoms with Gasteiger partial charge in [-0.25, -0.2) is 12.8 Å². The molecule has 2 heterocycles. The summed E-state index contributed by atoms with van der Waals surface area (Å²) in [4.78, 5) is 20.9. The number of aromatic nitrogens is 1. The van der Waals surface area contributed by atoms with Gasteiger partial charge in [-0.05, 0) is 55.0 Å². The fourth-order valence-corrected chi connectivity index (χ4v) is 5.37. The van der Waals surface area contributed by atoms with Crippen LogP contribution in [0, 0.1) is 0 Å². The maximum Gasteiger partial charge on any atom is 0.307 e. The number of benzene rings is 1.